The van der Waals surface area contributed by atoms with Crippen molar-refractivity contribution < 1.29 is 26.8 Å². The molecule has 3 amide bonds. The molecule has 0 saturated carbocycles. The standard InChI is InChI=1S/C14H24N4O6S/c1-2-16-7-5-10(6-8-16)15-13(19)12-4-3-11-9-17(12)14(20)18(11)24-25(21,22)23/h10-12H,2-9H2,1H3,(H,15,19)(H,21,22,23)/t11-,12-/m1/s1. The van der Waals surface area contributed by atoms with Crippen LogP contribution in [0.4, 0.5) is 4.79 Å². The van der Waals surface area contributed by atoms with Crippen LogP contribution in [0, 0.1) is 0 Å². The minimum absolute atomic E-state index is 0.0934. The number of piperidine rings is 2. The lowest BCUT2D eigenvalue weighted by Gasteiger charge is -2.34. The number of carbonyl (C=O) groups is 2. The van der Waals surface area contributed by atoms with E-state index < -0.39 is 28.5 Å². The van der Waals surface area contributed by atoms with Crippen molar-refractivity contribution in [2.24, 2.45) is 0 Å². The van der Waals surface area contributed by atoms with Gasteiger partial charge < -0.3 is 15.1 Å². The van der Waals surface area contributed by atoms with Gasteiger partial charge in [0.2, 0.25) is 5.91 Å². The molecule has 142 valence electrons. The van der Waals surface area contributed by atoms with Gasteiger partial charge in [-0.25, -0.2) is 4.79 Å². The zero-order valence-electron chi connectivity index (χ0n) is 14.1. The summed E-state index contributed by atoms with van der Waals surface area (Å²) < 4.78 is 34.9. The van der Waals surface area contributed by atoms with Crippen LogP contribution in [0.3, 0.4) is 0 Å². The van der Waals surface area contributed by atoms with Gasteiger partial charge in [0.05, 0.1) is 6.04 Å². The first-order chi connectivity index (χ1) is 11.8. The second kappa shape index (κ2) is 7.06. The van der Waals surface area contributed by atoms with E-state index in [1.807, 2.05) is 0 Å². The van der Waals surface area contributed by atoms with E-state index in [0.717, 1.165) is 32.5 Å². The Morgan fingerprint density at radius 3 is 2.56 bits per heavy atom. The van der Waals surface area contributed by atoms with Crippen LogP contribution in [0.5, 0.6) is 0 Å². The third-order valence-corrected chi connectivity index (χ3v) is 5.53. The van der Waals surface area contributed by atoms with E-state index in [-0.39, 0.29) is 18.5 Å². The van der Waals surface area contributed by atoms with Crippen LogP contribution in [-0.2, 0) is 19.5 Å². The molecule has 2 N–H and O–H groups in total. The van der Waals surface area contributed by atoms with Crippen LogP contribution in [0.1, 0.15) is 32.6 Å². The molecular formula is C14H24N4O6S. The molecule has 11 heteroatoms. The molecule has 0 aromatic rings. The summed E-state index contributed by atoms with van der Waals surface area (Å²) in [6.07, 6.45) is 2.62. The van der Waals surface area contributed by atoms with E-state index in [4.69, 9.17) is 4.55 Å². The molecular weight excluding hydrogens is 352 g/mol. The highest BCUT2D eigenvalue weighted by molar-refractivity contribution is 7.80. The summed E-state index contributed by atoms with van der Waals surface area (Å²) in [4.78, 5) is 28.6. The number of nitrogens with one attached hydrogen (secondary N) is 1. The van der Waals surface area contributed by atoms with Crippen molar-refractivity contribution in [1.82, 2.24) is 20.2 Å². The molecule has 3 fully saturated rings. The van der Waals surface area contributed by atoms with Gasteiger partial charge >= 0.3 is 16.4 Å². The smallest absolute Gasteiger partial charge is 0.351 e. The Bertz CT molecular complexity index is 633. The number of fused-ring (bicyclic) bond motifs is 2. The molecule has 0 unspecified atom stereocenters. The Balaban J connectivity index is 1.59. The number of urea groups is 1. The fourth-order valence-corrected chi connectivity index (χ4v) is 4.18. The Morgan fingerprint density at radius 1 is 1.28 bits per heavy atom. The summed E-state index contributed by atoms with van der Waals surface area (Å²) >= 11 is 0. The average Bonchev–Trinajstić information content (AvgIpc) is 2.79. The predicted molar refractivity (Wildman–Crippen MR) is 86.7 cm³/mol. The zero-order valence-corrected chi connectivity index (χ0v) is 14.9. The van der Waals surface area contributed by atoms with E-state index in [0.29, 0.717) is 17.9 Å². The van der Waals surface area contributed by atoms with Gasteiger partial charge in [-0.05, 0) is 32.2 Å². The number of hydrogen-bond acceptors (Lipinski definition) is 6. The number of hydroxylamine groups is 2. The topological polar surface area (TPSA) is 119 Å². The Labute approximate surface area is 147 Å². The number of rotatable bonds is 5. The van der Waals surface area contributed by atoms with E-state index in [1.54, 1.807) is 0 Å². The lowest BCUT2D eigenvalue weighted by atomic mass is 9.99. The molecule has 3 rings (SSSR count). The SMILES string of the molecule is CCN1CCC(NC(=O)[C@H]2CC[C@@H]3CN2C(=O)N3OS(=O)(=O)O)CC1. The molecule has 10 nitrogen and oxygen atoms in total. The fraction of sp³-hybridized carbons (Fsp3) is 0.857. The van der Waals surface area contributed by atoms with E-state index in [2.05, 4.69) is 21.4 Å². The lowest BCUT2D eigenvalue weighted by molar-refractivity contribution is -0.127. The minimum atomic E-state index is -4.77. The summed E-state index contributed by atoms with van der Waals surface area (Å²) in [5, 5.41) is 3.67. The first-order valence-electron chi connectivity index (χ1n) is 8.58. The molecule has 25 heavy (non-hydrogen) atoms. The van der Waals surface area contributed by atoms with Crippen LogP contribution in [0.25, 0.3) is 0 Å². The fourth-order valence-electron chi connectivity index (χ4n) is 3.80. The van der Waals surface area contributed by atoms with Gasteiger partial charge in [-0.15, -0.1) is 4.28 Å². The highest BCUT2D eigenvalue weighted by Crippen LogP contribution is 2.30. The zero-order chi connectivity index (χ0) is 18.2. The molecule has 3 heterocycles. The monoisotopic (exact) mass is 376 g/mol. The van der Waals surface area contributed by atoms with Crippen LogP contribution in [-0.4, -0.2) is 84.1 Å². The van der Waals surface area contributed by atoms with Crippen molar-refractivity contribution in [2.45, 2.75) is 50.7 Å². The summed E-state index contributed by atoms with van der Waals surface area (Å²) in [5.74, 6) is -0.213. The van der Waals surface area contributed by atoms with E-state index in [1.165, 1.54) is 4.90 Å². The Kier molecular flexibility index (Phi) is 5.19. The number of nitrogens with zero attached hydrogens (tertiary/aromatic N) is 3. The van der Waals surface area contributed by atoms with Gasteiger partial charge in [0, 0.05) is 25.7 Å². The van der Waals surface area contributed by atoms with Crippen molar-refractivity contribution in [3.63, 3.8) is 0 Å². The van der Waals surface area contributed by atoms with Crippen LogP contribution < -0.4 is 5.32 Å². The normalized spacial score (nSPS) is 28.5. The minimum Gasteiger partial charge on any atom is -0.351 e. The van der Waals surface area contributed by atoms with Gasteiger partial charge in [0.25, 0.3) is 0 Å². The van der Waals surface area contributed by atoms with Crippen molar-refractivity contribution in [2.75, 3.05) is 26.2 Å². The van der Waals surface area contributed by atoms with Crippen molar-refractivity contribution in [3.8, 4) is 0 Å². The second-order valence-corrected chi connectivity index (χ2v) is 7.73. The molecule has 0 aromatic carbocycles. The van der Waals surface area contributed by atoms with Crippen molar-refractivity contribution in [1.29, 1.82) is 0 Å². The number of amides is 3. The van der Waals surface area contributed by atoms with Gasteiger partial charge in [-0.1, -0.05) is 6.92 Å². The quantitative estimate of drug-likeness (QED) is 0.626. The maximum Gasteiger partial charge on any atom is 0.418 e. The van der Waals surface area contributed by atoms with Crippen LogP contribution in [0.2, 0.25) is 0 Å². The molecule has 3 aliphatic rings. The summed E-state index contributed by atoms with van der Waals surface area (Å²) in [7, 11) is -4.77. The number of hydrogen-bond donors (Lipinski definition) is 2. The maximum atomic E-state index is 12.6. The molecule has 3 saturated heterocycles. The Hall–Kier alpha value is -1.43. The van der Waals surface area contributed by atoms with Gasteiger partial charge in [-0.3, -0.25) is 9.35 Å². The van der Waals surface area contributed by atoms with Crippen molar-refractivity contribution >= 4 is 22.3 Å². The molecule has 0 aliphatic carbocycles. The van der Waals surface area contributed by atoms with E-state index >= 15 is 0 Å². The molecule has 2 bridgehead atoms. The molecule has 0 spiro atoms. The molecule has 0 aromatic heterocycles. The lowest BCUT2D eigenvalue weighted by Crippen LogP contribution is -2.53. The third-order valence-electron chi connectivity index (χ3n) is 5.18. The molecule has 3 aliphatic heterocycles. The largest absolute Gasteiger partial charge is 0.418 e. The van der Waals surface area contributed by atoms with E-state index in [9.17, 15) is 18.0 Å². The second-order valence-electron chi connectivity index (χ2n) is 6.73. The van der Waals surface area contributed by atoms with Gasteiger partial charge in [0.1, 0.15) is 6.04 Å². The molecule has 0 radical (unpaired) electrons. The third kappa shape index (κ3) is 4.05. The van der Waals surface area contributed by atoms with Crippen LogP contribution >= 0.6 is 0 Å². The maximum absolute atomic E-state index is 12.6. The summed E-state index contributed by atoms with van der Waals surface area (Å²) in [6.45, 7) is 5.19. The van der Waals surface area contributed by atoms with Gasteiger partial charge in [-0.2, -0.15) is 13.5 Å². The predicted octanol–water partition coefficient (Wildman–Crippen LogP) is -0.410. The summed E-state index contributed by atoms with van der Waals surface area (Å²) in [6, 6.07) is -1.73. The molecule has 2 atom stereocenters. The van der Waals surface area contributed by atoms with Crippen molar-refractivity contribution in [3.05, 3.63) is 0 Å². The number of likely N-dealkylation sites (tertiary alicyclic amines) is 1. The van der Waals surface area contributed by atoms with Crippen LogP contribution in [0.15, 0.2) is 0 Å². The first-order valence-corrected chi connectivity index (χ1v) is 9.94. The average molecular weight is 376 g/mol. The number of carbonyl (C=O) groups excluding carboxylic acids is 2. The highest BCUT2D eigenvalue weighted by Gasteiger charge is 2.49. The first kappa shape index (κ1) is 18.4. The van der Waals surface area contributed by atoms with Gasteiger partial charge in [0.15, 0.2) is 0 Å². The summed E-state index contributed by atoms with van der Waals surface area (Å²) in [5.41, 5.74) is 0. The Morgan fingerprint density at radius 2 is 1.96 bits per heavy atom. The highest BCUT2D eigenvalue weighted by atomic mass is 32.3.